The standard InChI is InChI=1S/C15H19NO5S/c1-8-2-4-9(5-3-8)16-11(18)7-22-15(16)14-13(20)12(19)10(6-17)21-14/h2-5,10,12-15,17,19-20H,6-7H2,1H3/t10-,12-,13+,14+,15+/m1/s1. The Labute approximate surface area is 132 Å². The van der Waals surface area contributed by atoms with Crippen molar-refractivity contribution < 1.29 is 24.9 Å². The van der Waals surface area contributed by atoms with Crippen LogP contribution in [0.1, 0.15) is 5.56 Å². The third kappa shape index (κ3) is 2.63. The van der Waals surface area contributed by atoms with Crippen molar-refractivity contribution in [2.45, 2.75) is 36.7 Å². The monoisotopic (exact) mass is 325 g/mol. The lowest BCUT2D eigenvalue weighted by atomic mass is 10.1. The van der Waals surface area contributed by atoms with Crippen LogP contribution >= 0.6 is 11.8 Å². The van der Waals surface area contributed by atoms with Crippen molar-refractivity contribution in [2.24, 2.45) is 0 Å². The summed E-state index contributed by atoms with van der Waals surface area (Å²) in [5.41, 5.74) is 1.83. The lowest BCUT2D eigenvalue weighted by Crippen LogP contribution is -2.46. The van der Waals surface area contributed by atoms with Crippen LogP contribution in [-0.4, -0.2) is 63.4 Å². The zero-order valence-electron chi connectivity index (χ0n) is 12.1. The maximum Gasteiger partial charge on any atom is 0.238 e. The largest absolute Gasteiger partial charge is 0.394 e. The van der Waals surface area contributed by atoms with Crippen LogP contribution in [0.5, 0.6) is 0 Å². The second-order valence-electron chi connectivity index (χ2n) is 5.60. The Balaban J connectivity index is 1.86. The fourth-order valence-corrected chi connectivity index (χ4v) is 4.10. The maximum absolute atomic E-state index is 12.2. The molecule has 0 bridgehead atoms. The first-order valence-electron chi connectivity index (χ1n) is 7.15. The summed E-state index contributed by atoms with van der Waals surface area (Å²) in [6, 6.07) is 7.54. The van der Waals surface area contributed by atoms with Gasteiger partial charge in [0.2, 0.25) is 5.91 Å². The number of ether oxygens (including phenoxy) is 1. The Bertz CT molecular complexity index is 551. The topological polar surface area (TPSA) is 90.2 Å². The summed E-state index contributed by atoms with van der Waals surface area (Å²) in [5.74, 6) is 0.238. The molecule has 0 aliphatic carbocycles. The van der Waals surface area contributed by atoms with Crippen molar-refractivity contribution in [1.82, 2.24) is 0 Å². The second kappa shape index (κ2) is 6.17. The highest BCUT2D eigenvalue weighted by atomic mass is 32.2. The highest BCUT2D eigenvalue weighted by Gasteiger charge is 2.50. The van der Waals surface area contributed by atoms with Gasteiger partial charge in [0.25, 0.3) is 0 Å². The molecule has 6 nitrogen and oxygen atoms in total. The Morgan fingerprint density at radius 2 is 1.95 bits per heavy atom. The molecule has 1 aromatic carbocycles. The number of amides is 1. The summed E-state index contributed by atoms with van der Waals surface area (Å²) in [6.45, 7) is 1.60. The van der Waals surface area contributed by atoms with E-state index in [0.717, 1.165) is 11.3 Å². The second-order valence-corrected chi connectivity index (χ2v) is 6.71. The van der Waals surface area contributed by atoms with Gasteiger partial charge in [-0.05, 0) is 19.1 Å². The number of aryl methyl sites for hydroxylation is 1. The molecule has 22 heavy (non-hydrogen) atoms. The number of thioether (sulfide) groups is 1. The summed E-state index contributed by atoms with van der Waals surface area (Å²) in [6.07, 6.45) is -3.83. The Hall–Kier alpha value is -1.12. The van der Waals surface area contributed by atoms with Crippen LogP contribution < -0.4 is 4.90 Å². The van der Waals surface area contributed by atoms with Crippen LogP contribution in [0.2, 0.25) is 0 Å². The fraction of sp³-hybridized carbons (Fsp3) is 0.533. The number of hydrogen-bond acceptors (Lipinski definition) is 6. The highest BCUT2D eigenvalue weighted by Crippen LogP contribution is 2.38. The minimum atomic E-state index is -1.15. The Morgan fingerprint density at radius 1 is 1.27 bits per heavy atom. The van der Waals surface area contributed by atoms with E-state index in [4.69, 9.17) is 4.74 Å². The van der Waals surface area contributed by atoms with Gasteiger partial charge in [-0.25, -0.2) is 0 Å². The van der Waals surface area contributed by atoms with Gasteiger partial charge < -0.3 is 20.1 Å². The van der Waals surface area contributed by atoms with E-state index in [1.807, 2.05) is 31.2 Å². The van der Waals surface area contributed by atoms with Gasteiger partial charge in [-0.3, -0.25) is 9.69 Å². The van der Waals surface area contributed by atoms with E-state index in [0.29, 0.717) is 5.75 Å². The van der Waals surface area contributed by atoms with Gasteiger partial charge in [0, 0.05) is 5.69 Å². The highest BCUT2D eigenvalue weighted by molar-refractivity contribution is 8.01. The maximum atomic E-state index is 12.2. The molecule has 0 saturated carbocycles. The van der Waals surface area contributed by atoms with Crippen LogP contribution in [-0.2, 0) is 9.53 Å². The Kier molecular flexibility index (Phi) is 4.42. The van der Waals surface area contributed by atoms with Gasteiger partial charge in [0.15, 0.2) is 0 Å². The van der Waals surface area contributed by atoms with Gasteiger partial charge in [-0.15, -0.1) is 11.8 Å². The van der Waals surface area contributed by atoms with Crippen LogP contribution in [0.3, 0.4) is 0 Å². The number of nitrogens with zero attached hydrogens (tertiary/aromatic N) is 1. The molecule has 7 heteroatoms. The van der Waals surface area contributed by atoms with Crippen LogP contribution in [0.25, 0.3) is 0 Å². The molecule has 2 heterocycles. The molecule has 5 atom stereocenters. The summed E-state index contributed by atoms with van der Waals surface area (Å²) < 4.78 is 5.58. The first-order valence-corrected chi connectivity index (χ1v) is 8.20. The molecule has 3 rings (SSSR count). The smallest absolute Gasteiger partial charge is 0.238 e. The molecule has 0 spiro atoms. The summed E-state index contributed by atoms with van der Waals surface area (Å²) in [5, 5.41) is 28.9. The van der Waals surface area contributed by atoms with E-state index in [2.05, 4.69) is 0 Å². The Morgan fingerprint density at radius 3 is 2.55 bits per heavy atom. The van der Waals surface area contributed by atoms with Gasteiger partial charge in [-0.2, -0.15) is 0 Å². The predicted molar refractivity (Wildman–Crippen MR) is 82.7 cm³/mol. The number of aliphatic hydroxyl groups excluding tert-OH is 3. The quantitative estimate of drug-likeness (QED) is 0.718. The van der Waals surface area contributed by atoms with Gasteiger partial charge in [-0.1, -0.05) is 17.7 Å². The van der Waals surface area contributed by atoms with E-state index < -0.39 is 29.8 Å². The SMILES string of the molecule is Cc1ccc(N2C(=O)CS[C@H]2[C@H]2O[C@H](CO)[C@@H](O)[C@@H]2O)cc1. The molecule has 120 valence electrons. The molecule has 0 unspecified atom stereocenters. The van der Waals surface area contributed by atoms with Gasteiger partial charge in [0.05, 0.1) is 12.4 Å². The number of benzene rings is 1. The molecule has 3 N–H and O–H groups in total. The predicted octanol–water partition coefficient (Wildman–Crippen LogP) is -0.118. The van der Waals surface area contributed by atoms with Crippen molar-refractivity contribution in [3.8, 4) is 0 Å². The van der Waals surface area contributed by atoms with Crippen LogP contribution in [0.4, 0.5) is 5.69 Å². The van der Waals surface area contributed by atoms with Crippen molar-refractivity contribution in [3.63, 3.8) is 0 Å². The van der Waals surface area contributed by atoms with Crippen molar-refractivity contribution in [2.75, 3.05) is 17.3 Å². The molecule has 0 aromatic heterocycles. The van der Waals surface area contributed by atoms with Crippen LogP contribution in [0, 0.1) is 6.92 Å². The number of rotatable bonds is 3. The van der Waals surface area contributed by atoms with Crippen molar-refractivity contribution in [3.05, 3.63) is 29.8 Å². The molecule has 1 aromatic rings. The number of carbonyl (C=O) groups excluding carboxylic acids is 1. The average Bonchev–Trinajstić information content (AvgIpc) is 3.02. The molecular weight excluding hydrogens is 306 g/mol. The molecule has 0 radical (unpaired) electrons. The number of aliphatic hydroxyl groups is 3. The summed E-state index contributed by atoms with van der Waals surface area (Å²) in [4.78, 5) is 13.8. The average molecular weight is 325 g/mol. The van der Waals surface area contributed by atoms with E-state index in [1.165, 1.54) is 11.8 Å². The number of hydrogen-bond donors (Lipinski definition) is 3. The number of carbonyl (C=O) groups is 1. The lowest BCUT2D eigenvalue weighted by molar-refractivity contribution is -0.116. The van der Waals surface area contributed by atoms with Crippen molar-refractivity contribution >= 4 is 23.4 Å². The number of anilines is 1. The molecular formula is C15H19NO5S. The third-order valence-corrected chi connectivity index (χ3v) is 5.31. The van der Waals surface area contributed by atoms with E-state index in [1.54, 1.807) is 4.90 Å². The third-order valence-electron chi connectivity index (χ3n) is 4.07. The van der Waals surface area contributed by atoms with E-state index >= 15 is 0 Å². The van der Waals surface area contributed by atoms with Crippen LogP contribution in [0.15, 0.2) is 24.3 Å². The normalized spacial score (nSPS) is 35.4. The molecule has 2 fully saturated rings. The first-order chi connectivity index (χ1) is 10.5. The molecule has 2 aliphatic rings. The minimum absolute atomic E-state index is 0.0587. The summed E-state index contributed by atoms with van der Waals surface area (Å²) >= 11 is 1.37. The first kappa shape index (κ1) is 15.8. The molecule has 2 saturated heterocycles. The van der Waals surface area contributed by atoms with Gasteiger partial charge in [0.1, 0.15) is 29.8 Å². The molecule has 2 aliphatic heterocycles. The van der Waals surface area contributed by atoms with E-state index in [-0.39, 0.29) is 12.5 Å². The van der Waals surface area contributed by atoms with Gasteiger partial charge >= 0.3 is 0 Å². The minimum Gasteiger partial charge on any atom is -0.394 e. The van der Waals surface area contributed by atoms with E-state index in [9.17, 15) is 20.1 Å². The summed E-state index contributed by atoms with van der Waals surface area (Å²) in [7, 11) is 0. The fourth-order valence-electron chi connectivity index (χ4n) is 2.84. The zero-order chi connectivity index (χ0) is 15.9. The van der Waals surface area contributed by atoms with Crippen molar-refractivity contribution in [1.29, 1.82) is 0 Å². The lowest BCUT2D eigenvalue weighted by Gasteiger charge is -2.30. The zero-order valence-corrected chi connectivity index (χ0v) is 12.9. The molecule has 1 amide bonds.